The molecule has 0 spiro atoms. The van der Waals surface area contributed by atoms with E-state index in [9.17, 15) is 0 Å². The van der Waals surface area contributed by atoms with E-state index in [1.807, 2.05) is 19.9 Å². The van der Waals surface area contributed by atoms with Gasteiger partial charge in [-0.25, -0.2) is 9.97 Å². The van der Waals surface area contributed by atoms with Crippen molar-refractivity contribution in [2.75, 3.05) is 12.4 Å². The SMILES string of the molecule is COc1cc(Nc2nc(Cl)nc(C)c2C)ccc1Cl. The van der Waals surface area contributed by atoms with E-state index >= 15 is 0 Å². The maximum Gasteiger partial charge on any atom is 0.224 e. The highest BCUT2D eigenvalue weighted by molar-refractivity contribution is 6.32. The maximum absolute atomic E-state index is 5.98. The summed E-state index contributed by atoms with van der Waals surface area (Å²) in [6.07, 6.45) is 0. The molecular formula is C13H13Cl2N3O. The van der Waals surface area contributed by atoms with Crippen molar-refractivity contribution in [2.24, 2.45) is 0 Å². The fraction of sp³-hybridized carbons (Fsp3) is 0.231. The zero-order valence-corrected chi connectivity index (χ0v) is 12.3. The molecule has 0 atom stereocenters. The van der Waals surface area contributed by atoms with Crippen LogP contribution in [0.2, 0.25) is 10.3 Å². The average molecular weight is 298 g/mol. The van der Waals surface area contributed by atoms with E-state index in [0.29, 0.717) is 16.6 Å². The molecule has 0 radical (unpaired) electrons. The molecule has 0 saturated carbocycles. The lowest BCUT2D eigenvalue weighted by Crippen LogP contribution is -2.01. The third-order valence-electron chi connectivity index (χ3n) is 2.78. The highest BCUT2D eigenvalue weighted by Crippen LogP contribution is 2.29. The molecule has 0 aliphatic heterocycles. The standard InChI is InChI=1S/C13H13Cl2N3O/c1-7-8(2)16-13(15)18-12(7)17-9-4-5-10(14)11(6-9)19-3/h4-6H,1-3H3,(H,16,17,18). The molecule has 0 saturated heterocycles. The van der Waals surface area contributed by atoms with Gasteiger partial charge in [-0.3, -0.25) is 0 Å². The molecule has 1 N–H and O–H groups in total. The number of nitrogens with one attached hydrogen (secondary N) is 1. The second-order valence-corrected chi connectivity index (χ2v) is 4.77. The van der Waals surface area contributed by atoms with Crippen LogP contribution in [-0.4, -0.2) is 17.1 Å². The number of methoxy groups -OCH3 is 1. The molecule has 2 aromatic rings. The molecule has 4 nitrogen and oxygen atoms in total. The van der Waals surface area contributed by atoms with Crippen molar-refractivity contribution in [1.82, 2.24) is 9.97 Å². The molecule has 0 aliphatic carbocycles. The number of hydrogen-bond acceptors (Lipinski definition) is 4. The molecule has 19 heavy (non-hydrogen) atoms. The summed E-state index contributed by atoms with van der Waals surface area (Å²) in [5.41, 5.74) is 2.60. The molecule has 0 unspecified atom stereocenters. The van der Waals surface area contributed by atoms with Crippen molar-refractivity contribution >= 4 is 34.7 Å². The first-order valence-corrected chi connectivity index (χ1v) is 6.38. The van der Waals surface area contributed by atoms with Gasteiger partial charge in [0.15, 0.2) is 0 Å². The fourth-order valence-electron chi connectivity index (χ4n) is 1.59. The number of hydrogen-bond donors (Lipinski definition) is 1. The summed E-state index contributed by atoms with van der Waals surface area (Å²) in [6, 6.07) is 5.40. The van der Waals surface area contributed by atoms with Crippen molar-refractivity contribution in [3.05, 3.63) is 39.8 Å². The predicted molar refractivity (Wildman–Crippen MR) is 77.8 cm³/mol. The van der Waals surface area contributed by atoms with Crippen LogP contribution in [0.5, 0.6) is 5.75 Å². The van der Waals surface area contributed by atoms with Crippen LogP contribution in [0.15, 0.2) is 18.2 Å². The third kappa shape index (κ3) is 3.08. The predicted octanol–water partition coefficient (Wildman–Crippen LogP) is 4.15. The summed E-state index contributed by atoms with van der Waals surface area (Å²) in [5.74, 6) is 1.27. The lowest BCUT2D eigenvalue weighted by atomic mass is 10.2. The fourth-order valence-corrected chi connectivity index (χ4v) is 2.00. The Kier molecular flexibility index (Phi) is 4.12. The summed E-state index contributed by atoms with van der Waals surface area (Å²) in [5, 5.41) is 3.95. The molecule has 1 aromatic heterocycles. The first-order chi connectivity index (χ1) is 9.01. The van der Waals surface area contributed by atoms with E-state index < -0.39 is 0 Å². The van der Waals surface area contributed by atoms with E-state index in [0.717, 1.165) is 16.9 Å². The molecule has 2 rings (SSSR count). The highest BCUT2D eigenvalue weighted by atomic mass is 35.5. The van der Waals surface area contributed by atoms with Gasteiger partial charge in [0, 0.05) is 23.0 Å². The van der Waals surface area contributed by atoms with E-state index in [-0.39, 0.29) is 5.28 Å². The highest BCUT2D eigenvalue weighted by Gasteiger charge is 2.08. The van der Waals surface area contributed by atoms with Crippen molar-refractivity contribution in [3.63, 3.8) is 0 Å². The summed E-state index contributed by atoms with van der Waals surface area (Å²) in [4.78, 5) is 8.27. The number of rotatable bonds is 3. The number of ether oxygens (including phenoxy) is 1. The average Bonchev–Trinajstić information content (AvgIpc) is 2.37. The Balaban J connectivity index is 2.36. The largest absolute Gasteiger partial charge is 0.495 e. The Morgan fingerprint density at radius 1 is 1.16 bits per heavy atom. The first kappa shape index (κ1) is 13.9. The molecular weight excluding hydrogens is 285 g/mol. The van der Waals surface area contributed by atoms with Crippen molar-refractivity contribution in [1.29, 1.82) is 0 Å². The quantitative estimate of drug-likeness (QED) is 0.865. The van der Waals surface area contributed by atoms with E-state index in [2.05, 4.69) is 15.3 Å². The minimum absolute atomic E-state index is 0.214. The summed E-state index contributed by atoms with van der Waals surface area (Å²) < 4.78 is 5.17. The van der Waals surface area contributed by atoms with Gasteiger partial charge >= 0.3 is 0 Å². The third-order valence-corrected chi connectivity index (χ3v) is 3.26. The Morgan fingerprint density at radius 2 is 1.89 bits per heavy atom. The number of nitrogens with zero attached hydrogens (tertiary/aromatic N) is 2. The molecule has 0 bridgehead atoms. The van der Waals surface area contributed by atoms with Gasteiger partial charge in [0.2, 0.25) is 5.28 Å². The number of anilines is 2. The second-order valence-electron chi connectivity index (χ2n) is 4.03. The monoisotopic (exact) mass is 297 g/mol. The zero-order chi connectivity index (χ0) is 14.0. The molecule has 1 aromatic carbocycles. The van der Waals surface area contributed by atoms with Gasteiger partial charge in [-0.15, -0.1) is 0 Å². The van der Waals surface area contributed by atoms with E-state index in [1.54, 1.807) is 19.2 Å². The molecule has 0 aliphatic rings. The van der Waals surface area contributed by atoms with Crippen LogP contribution < -0.4 is 10.1 Å². The summed E-state index contributed by atoms with van der Waals surface area (Å²) in [6.45, 7) is 3.82. The van der Waals surface area contributed by atoms with Crippen LogP contribution in [0.25, 0.3) is 0 Å². The Labute approximate surface area is 121 Å². The van der Waals surface area contributed by atoms with Crippen molar-refractivity contribution < 1.29 is 4.74 Å². The number of benzene rings is 1. The topological polar surface area (TPSA) is 47.0 Å². The van der Waals surface area contributed by atoms with E-state index in [1.165, 1.54) is 0 Å². The summed E-state index contributed by atoms with van der Waals surface area (Å²) in [7, 11) is 1.57. The second kappa shape index (κ2) is 5.63. The lowest BCUT2D eigenvalue weighted by Gasteiger charge is -2.12. The first-order valence-electron chi connectivity index (χ1n) is 5.62. The number of aryl methyl sites for hydroxylation is 1. The molecule has 1 heterocycles. The van der Waals surface area contributed by atoms with Crippen LogP contribution in [0.3, 0.4) is 0 Å². The van der Waals surface area contributed by atoms with Gasteiger partial charge in [0.1, 0.15) is 11.6 Å². The normalized spacial score (nSPS) is 10.4. The minimum Gasteiger partial charge on any atom is -0.495 e. The Hall–Kier alpha value is -1.52. The van der Waals surface area contributed by atoms with Gasteiger partial charge in [-0.05, 0) is 37.6 Å². The van der Waals surface area contributed by atoms with Gasteiger partial charge in [-0.1, -0.05) is 11.6 Å². The van der Waals surface area contributed by atoms with Crippen LogP contribution in [0.4, 0.5) is 11.5 Å². The number of halogens is 2. The van der Waals surface area contributed by atoms with Crippen LogP contribution in [0.1, 0.15) is 11.3 Å². The molecule has 6 heteroatoms. The molecule has 100 valence electrons. The maximum atomic E-state index is 5.98. The Bertz CT molecular complexity index is 617. The van der Waals surface area contributed by atoms with Gasteiger partial charge < -0.3 is 10.1 Å². The van der Waals surface area contributed by atoms with Gasteiger partial charge in [-0.2, -0.15) is 0 Å². The van der Waals surface area contributed by atoms with Gasteiger partial charge in [0.05, 0.1) is 12.1 Å². The van der Waals surface area contributed by atoms with Crippen LogP contribution in [-0.2, 0) is 0 Å². The minimum atomic E-state index is 0.214. The van der Waals surface area contributed by atoms with Gasteiger partial charge in [0.25, 0.3) is 0 Å². The van der Waals surface area contributed by atoms with Crippen molar-refractivity contribution in [2.45, 2.75) is 13.8 Å². The van der Waals surface area contributed by atoms with Crippen molar-refractivity contribution in [3.8, 4) is 5.75 Å². The van der Waals surface area contributed by atoms with E-state index in [4.69, 9.17) is 27.9 Å². The number of aromatic nitrogens is 2. The molecule has 0 amide bonds. The Morgan fingerprint density at radius 3 is 2.58 bits per heavy atom. The molecule has 0 fully saturated rings. The summed E-state index contributed by atoms with van der Waals surface area (Å²) >= 11 is 11.8. The van der Waals surface area contributed by atoms with Crippen LogP contribution in [0, 0.1) is 13.8 Å². The smallest absolute Gasteiger partial charge is 0.224 e. The van der Waals surface area contributed by atoms with Crippen LogP contribution >= 0.6 is 23.2 Å². The zero-order valence-electron chi connectivity index (χ0n) is 10.8. The lowest BCUT2D eigenvalue weighted by molar-refractivity contribution is 0.415.